The van der Waals surface area contributed by atoms with Crippen LogP contribution in [0.5, 0.6) is 0 Å². The Hall–Kier alpha value is -3.76. The summed E-state index contributed by atoms with van der Waals surface area (Å²) in [6, 6.07) is 12.1. The van der Waals surface area contributed by atoms with Crippen LogP contribution < -0.4 is 11.2 Å². The van der Waals surface area contributed by atoms with Gasteiger partial charge in [-0.3, -0.25) is 4.79 Å². The minimum Gasteiger partial charge on any atom is -0.423 e. The summed E-state index contributed by atoms with van der Waals surface area (Å²) in [5, 5.41) is 32.5. The van der Waals surface area contributed by atoms with Crippen LogP contribution in [0.25, 0.3) is 27.7 Å². The molecule has 2 heterocycles. The van der Waals surface area contributed by atoms with Crippen molar-refractivity contribution >= 4 is 35.1 Å². The summed E-state index contributed by atoms with van der Waals surface area (Å²) in [7, 11) is 1.69. The van der Waals surface area contributed by atoms with E-state index in [2.05, 4.69) is 15.3 Å². The summed E-state index contributed by atoms with van der Waals surface area (Å²) < 4.78 is 1.58. The highest BCUT2D eigenvalue weighted by Crippen LogP contribution is 2.29. The van der Waals surface area contributed by atoms with Crippen molar-refractivity contribution in [3.63, 3.8) is 0 Å². The molecule has 4 aromatic rings. The Kier molecular flexibility index (Phi) is 4.94. The van der Waals surface area contributed by atoms with Gasteiger partial charge in [0.05, 0.1) is 23.1 Å². The second-order valence-corrected chi connectivity index (χ2v) is 7.03. The van der Waals surface area contributed by atoms with E-state index in [-0.39, 0.29) is 5.91 Å². The highest BCUT2D eigenvalue weighted by Gasteiger charge is 2.18. The van der Waals surface area contributed by atoms with Gasteiger partial charge in [-0.05, 0) is 35.3 Å². The summed E-state index contributed by atoms with van der Waals surface area (Å²) >= 11 is 0. The van der Waals surface area contributed by atoms with Crippen LogP contribution in [-0.2, 0) is 0 Å². The van der Waals surface area contributed by atoms with E-state index in [1.807, 2.05) is 18.2 Å². The molecule has 150 valence electrons. The number of hydrogen-bond acceptors (Lipinski definition) is 7. The van der Waals surface area contributed by atoms with Crippen LogP contribution in [0.2, 0.25) is 0 Å². The van der Waals surface area contributed by atoms with Gasteiger partial charge in [-0.15, -0.1) is 0 Å². The van der Waals surface area contributed by atoms with Crippen molar-refractivity contribution in [1.82, 2.24) is 24.9 Å². The van der Waals surface area contributed by atoms with Gasteiger partial charge >= 0.3 is 7.12 Å². The Balaban J connectivity index is 1.88. The lowest BCUT2D eigenvalue weighted by Gasteiger charge is -2.13. The smallest absolute Gasteiger partial charge is 0.423 e. The van der Waals surface area contributed by atoms with Crippen LogP contribution in [0.1, 0.15) is 10.5 Å². The zero-order valence-corrected chi connectivity index (χ0v) is 16.4. The van der Waals surface area contributed by atoms with Gasteiger partial charge in [-0.2, -0.15) is 15.3 Å². The standard InChI is InChI=1S/C20H19BN6O3/c1-26(2)20(28)17-7-8-27(25-17)19-6-4-13(21(29)30)10-15(19)12-3-5-14-16(22)11-23-24-18(14)9-12/h3-11,29-30H,1-2H3,(H2,22,24). The van der Waals surface area contributed by atoms with Crippen molar-refractivity contribution in [2.24, 2.45) is 0 Å². The third-order valence-corrected chi connectivity index (χ3v) is 4.76. The highest BCUT2D eigenvalue weighted by molar-refractivity contribution is 6.58. The molecule has 2 aromatic heterocycles. The number of carbonyl (C=O) groups is 1. The number of nitrogens with zero attached hydrogens (tertiary/aromatic N) is 5. The second kappa shape index (κ2) is 7.58. The van der Waals surface area contributed by atoms with Crippen LogP contribution in [0.4, 0.5) is 5.69 Å². The van der Waals surface area contributed by atoms with Crippen LogP contribution in [0.3, 0.4) is 0 Å². The van der Waals surface area contributed by atoms with E-state index in [9.17, 15) is 14.8 Å². The van der Waals surface area contributed by atoms with E-state index in [4.69, 9.17) is 5.73 Å². The van der Waals surface area contributed by atoms with E-state index in [1.54, 1.807) is 49.2 Å². The molecule has 4 N–H and O–H groups in total. The number of nitrogens with two attached hydrogens (primary N) is 1. The molecular weight excluding hydrogens is 383 g/mol. The molecule has 0 radical (unpaired) electrons. The number of anilines is 1. The van der Waals surface area contributed by atoms with Crippen LogP contribution >= 0.6 is 0 Å². The zero-order chi connectivity index (χ0) is 21.4. The number of hydrogen-bond donors (Lipinski definition) is 3. The van der Waals surface area contributed by atoms with Gasteiger partial charge in [0.1, 0.15) is 0 Å². The van der Waals surface area contributed by atoms with Crippen molar-refractivity contribution in [2.45, 2.75) is 0 Å². The minimum atomic E-state index is -1.63. The molecule has 2 aromatic carbocycles. The topological polar surface area (TPSA) is 130 Å². The van der Waals surface area contributed by atoms with Gasteiger partial charge < -0.3 is 20.7 Å². The van der Waals surface area contributed by atoms with Crippen LogP contribution in [0.15, 0.2) is 54.9 Å². The van der Waals surface area contributed by atoms with E-state index >= 15 is 0 Å². The van der Waals surface area contributed by atoms with Gasteiger partial charge in [-0.25, -0.2) is 4.68 Å². The van der Waals surface area contributed by atoms with Crippen molar-refractivity contribution in [3.05, 3.63) is 60.6 Å². The summed E-state index contributed by atoms with van der Waals surface area (Å²) in [5.74, 6) is -0.214. The number of aromatic nitrogens is 4. The Morgan fingerprint density at radius 3 is 2.67 bits per heavy atom. The van der Waals surface area contributed by atoms with Crippen molar-refractivity contribution < 1.29 is 14.8 Å². The molecular formula is C20H19BN6O3. The lowest BCUT2D eigenvalue weighted by Crippen LogP contribution is -2.30. The molecule has 9 nitrogen and oxygen atoms in total. The van der Waals surface area contributed by atoms with Crippen molar-refractivity contribution in [3.8, 4) is 16.8 Å². The monoisotopic (exact) mass is 402 g/mol. The maximum absolute atomic E-state index is 12.2. The predicted octanol–water partition coefficient (Wildman–Crippen LogP) is 0.446. The molecule has 1 amide bonds. The largest absolute Gasteiger partial charge is 0.488 e. The van der Waals surface area contributed by atoms with Gasteiger partial charge in [0, 0.05) is 31.2 Å². The first-order valence-corrected chi connectivity index (χ1v) is 9.14. The van der Waals surface area contributed by atoms with Crippen LogP contribution in [-0.4, -0.2) is 62.0 Å². The van der Waals surface area contributed by atoms with Gasteiger partial charge in [-0.1, -0.05) is 18.2 Å². The summed E-state index contributed by atoms with van der Waals surface area (Å²) in [6.45, 7) is 0. The normalized spacial score (nSPS) is 10.9. The molecule has 0 fully saturated rings. The summed E-state index contributed by atoms with van der Waals surface area (Å²) in [5.41, 5.74) is 9.82. The maximum Gasteiger partial charge on any atom is 0.488 e. The number of rotatable bonds is 4. The van der Waals surface area contributed by atoms with E-state index in [0.717, 1.165) is 10.9 Å². The average Bonchev–Trinajstić information content (AvgIpc) is 3.22. The third-order valence-electron chi connectivity index (χ3n) is 4.76. The quantitative estimate of drug-likeness (QED) is 0.423. The Morgan fingerprint density at radius 2 is 1.93 bits per heavy atom. The lowest BCUT2D eigenvalue weighted by atomic mass is 9.78. The number of amides is 1. The fourth-order valence-corrected chi connectivity index (χ4v) is 3.20. The van der Waals surface area contributed by atoms with Gasteiger partial charge in [0.2, 0.25) is 0 Å². The number of carbonyl (C=O) groups excluding carboxylic acids is 1. The minimum absolute atomic E-state index is 0.214. The van der Waals surface area contributed by atoms with E-state index < -0.39 is 7.12 Å². The molecule has 4 rings (SSSR count). The van der Waals surface area contributed by atoms with Gasteiger partial charge in [0.25, 0.3) is 5.91 Å². The molecule has 0 saturated heterocycles. The zero-order valence-electron chi connectivity index (χ0n) is 16.4. The molecule has 0 spiro atoms. The molecule has 0 aliphatic heterocycles. The Labute approximate surface area is 172 Å². The van der Waals surface area contributed by atoms with Gasteiger partial charge in [0.15, 0.2) is 5.69 Å². The maximum atomic E-state index is 12.2. The molecule has 0 unspecified atom stereocenters. The van der Waals surface area contributed by atoms with Crippen molar-refractivity contribution in [1.29, 1.82) is 0 Å². The Bertz CT molecular complexity index is 1250. The molecule has 0 atom stereocenters. The predicted molar refractivity (Wildman–Crippen MR) is 114 cm³/mol. The lowest BCUT2D eigenvalue weighted by molar-refractivity contribution is 0.0821. The summed E-state index contributed by atoms with van der Waals surface area (Å²) in [6.07, 6.45) is 3.17. The number of benzene rings is 2. The summed E-state index contributed by atoms with van der Waals surface area (Å²) in [4.78, 5) is 13.7. The first-order valence-electron chi connectivity index (χ1n) is 9.14. The first kappa shape index (κ1) is 19.6. The van der Waals surface area contributed by atoms with Crippen molar-refractivity contribution in [2.75, 3.05) is 19.8 Å². The molecule has 0 aliphatic rings. The molecule has 30 heavy (non-hydrogen) atoms. The molecule has 0 saturated carbocycles. The van der Waals surface area contributed by atoms with E-state index in [1.165, 1.54) is 11.1 Å². The van der Waals surface area contributed by atoms with E-state index in [0.29, 0.717) is 33.6 Å². The molecule has 0 aliphatic carbocycles. The first-order chi connectivity index (χ1) is 14.3. The Morgan fingerprint density at radius 1 is 1.13 bits per heavy atom. The second-order valence-electron chi connectivity index (χ2n) is 7.03. The van der Waals surface area contributed by atoms with Crippen LogP contribution in [0, 0.1) is 0 Å². The SMILES string of the molecule is CN(C)C(=O)c1ccn(-c2ccc(B(O)O)cc2-c2ccc3c(N)cnnc3c2)n1. The third kappa shape index (κ3) is 3.49. The number of fused-ring (bicyclic) bond motifs is 1. The number of nitrogen functional groups attached to an aromatic ring is 1. The fraction of sp³-hybridized carbons (Fsp3) is 0.100. The fourth-order valence-electron chi connectivity index (χ4n) is 3.20. The average molecular weight is 402 g/mol. The molecule has 10 heteroatoms. The molecule has 0 bridgehead atoms. The highest BCUT2D eigenvalue weighted by atomic mass is 16.4.